The molecule has 2 aromatic rings. The molecule has 0 bridgehead atoms. The number of nitro benzene ring substituents is 1. The number of pyridine rings is 1. The van der Waals surface area contributed by atoms with Crippen LogP contribution in [-0.4, -0.2) is 15.0 Å². The number of alkyl halides is 3. The van der Waals surface area contributed by atoms with Gasteiger partial charge in [-0.2, -0.15) is 13.2 Å². The van der Waals surface area contributed by atoms with Crippen molar-refractivity contribution >= 4 is 17.4 Å². The molecule has 5 nitrogen and oxygen atoms in total. The van der Waals surface area contributed by atoms with Crippen LogP contribution < -0.4 is 5.56 Å². The third-order valence-electron chi connectivity index (χ3n) is 2.44. The minimum absolute atomic E-state index is 0.124. The molecule has 9 heteroatoms. The average molecular weight is 316 g/mol. The normalized spacial score (nSPS) is 11.4. The Labute approximate surface area is 120 Å². The molecule has 0 radical (unpaired) electrons. The lowest BCUT2D eigenvalue weighted by Crippen LogP contribution is -2.17. The van der Waals surface area contributed by atoms with E-state index in [4.69, 9.17) is 0 Å². The summed E-state index contributed by atoms with van der Waals surface area (Å²) in [5, 5.41) is 10.7. The van der Waals surface area contributed by atoms with Gasteiger partial charge < -0.3 is 0 Å². The highest BCUT2D eigenvalue weighted by molar-refractivity contribution is 8.00. The van der Waals surface area contributed by atoms with Gasteiger partial charge in [-0.1, -0.05) is 6.07 Å². The van der Waals surface area contributed by atoms with E-state index in [1.165, 1.54) is 18.2 Å². The number of non-ortho nitro benzene ring substituents is 1. The lowest BCUT2D eigenvalue weighted by Gasteiger charge is -2.09. The molecule has 0 aliphatic heterocycles. The van der Waals surface area contributed by atoms with E-state index >= 15 is 0 Å². The van der Waals surface area contributed by atoms with Gasteiger partial charge in [-0.25, -0.2) is 0 Å². The number of nitrogens with zero attached hydrogens (tertiary/aromatic N) is 2. The van der Waals surface area contributed by atoms with Crippen molar-refractivity contribution in [2.45, 2.75) is 10.4 Å². The van der Waals surface area contributed by atoms with Gasteiger partial charge in [-0.05, 0) is 23.9 Å². The third-order valence-corrected chi connectivity index (χ3v) is 3.14. The van der Waals surface area contributed by atoms with E-state index in [9.17, 15) is 28.1 Å². The van der Waals surface area contributed by atoms with Crippen molar-refractivity contribution in [1.29, 1.82) is 0 Å². The summed E-state index contributed by atoms with van der Waals surface area (Å²) in [5.74, 6) is 0. The highest BCUT2D eigenvalue weighted by Crippen LogP contribution is 2.36. The van der Waals surface area contributed by atoms with Gasteiger partial charge in [0.15, 0.2) is 0 Å². The maximum atomic E-state index is 12.3. The van der Waals surface area contributed by atoms with Crippen LogP contribution in [0.1, 0.15) is 0 Å². The van der Waals surface area contributed by atoms with Gasteiger partial charge in [0.2, 0.25) is 0 Å². The second-order valence-electron chi connectivity index (χ2n) is 3.90. The number of halogens is 3. The molecule has 0 aliphatic rings. The Kier molecular flexibility index (Phi) is 4.03. The van der Waals surface area contributed by atoms with Gasteiger partial charge in [-0.15, -0.1) is 0 Å². The van der Waals surface area contributed by atoms with Gasteiger partial charge in [0.05, 0.1) is 10.6 Å². The van der Waals surface area contributed by atoms with Crippen molar-refractivity contribution in [1.82, 2.24) is 4.57 Å². The van der Waals surface area contributed by atoms with Gasteiger partial charge >= 0.3 is 5.51 Å². The number of benzene rings is 1. The standard InChI is InChI=1S/C12H7F3N2O3S/c13-12(14,15)21-10-4-5-11(18)16(7-10)8-2-1-3-9(6-8)17(19)20/h1-7H. The Balaban J connectivity index is 2.48. The number of nitro groups is 1. The highest BCUT2D eigenvalue weighted by atomic mass is 32.2. The Morgan fingerprint density at radius 2 is 1.90 bits per heavy atom. The Morgan fingerprint density at radius 3 is 2.52 bits per heavy atom. The van der Waals surface area contributed by atoms with Gasteiger partial charge in [0.1, 0.15) is 0 Å². The van der Waals surface area contributed by atoms with Crippen LogP contribution in [0.15, 0.2) is 52.3 Å². The summed E-state index contributed by atoms with van der Waals surface area (Å²) in [6.45, 7) is 0. The molecule has 0 aliphatic carbocycles. The molecule has 0 amide bonds. The zero-order chi connectivity index (χ0) is 15.6. The first-order chi connectivity index (χ1) is 9.76. The summed E-state index contributed by atoms with van der Waals surface area (Å²) in [7, 11) is 0. The van der Waals surface area contributed by atoms with Crippen LogP contribution in [0.2, 0.25) is 0 Å². The summed E-state index contributed by atoms with van der Waals surface area (Å²) in [6, 6.07) is 7.12. The lowest BCUT2D eigenvalue weighted by molar-refractivity contribution is -0.384. The summed E-state index contributed by atoms with van der Waals surface area (Å²) in [5.41, 5.74) is -5.20. The molecule has 1 aromatic heterocycles. The second kappa shape index (κ2) is 5.60. The zero-order valence-corrected chi connectivity index (χ0v) is 11.0. The first kappa shape index (κ1) is 15.1. The molecule has 0 N–H and O–H groups in total. The van der Waals surface area contributed by atoms with E-state index in [1.54, 1.807) is 0 Å². The molecular formula is C12H7F3N2O3S. The van der Waals surface area contributed by atoms with Crippen LogP contribution in [0.4, 0.5) is 18.9 Å². The topological polar surface area (TPSA) is 65.1 Å². The van der Waals surface area contributed by atoms with Crippen LogP contribution in [0.3, 0.4) is 0 Å². The Bertz CT molecular complexity index is 743. The molecule has 1 heterocycles. The van der Waals surface area contributed by atoms with E-state index < -0.39 is 16.0 Å². The predicted molar refractivity (Wildman–Crippen MR) is 70.6 cm³/mol. The summed E-state index contributed by atoms with van der Waals surface area (Å²) in [4.78, 5) is 21.6. The van der Waals surface area contributed by atoms with Crippen molar-refractivity contribution in [2.75, 3.05) is 0 Å². The first-order valence-electron chi connectivity index (χ1n) is 5.49. The van der Waals surface area contributed by atoms with Crippen molar-refractivity contribution in [3.63, 3.8) is 0 Å². The minimum Gasteiger partial charge on any atom is -0.283 e. The molecule has 2 rings (SSSR count). The van der Waals surface area contributed by atoms with Crippen LogP contribution in [-0.2, 0) is 0 Å². The number of thioether (sulfide) groups is 1. The quantitative estimate of drug-likeness (QED) is 0.495. The van der Waals surface area contributed by atoms with Gasteiger partial charge in [0, 0.05) is 29.3 Å². The third kappa shape index (κ3) is 3.85. The van der Waals surface area contributed by atoms with Crippen molar-refractivity contribution in [3.05, 3.63) is 63.1 Å². The summed E-state index contributed by atoms with van der Waals surface area (Å²) < 4.78 is 37.9. The van der Waals surface area contributed by atoms with E-state index in [2.05, 4.69) is 0 Å². The molecule has 1 aromatic carbocycles. The maximum Gasteiger partial charge on any atom is 0.446 e. The van der Waals surface area contributed by atoms with Crippen LogP contribution in [0.25, 0.3) is 5.69 Å². The number of aromatic nitrogens is 1. The first-order valence-corrected chi connectivity index (χ1v) is 6.31. The summed E-state index contributed by atoms with van der Waals surface area (Å²) >= 11 is -0.365. The minimum atomic E-state index is -4.48. The number of rotatable bonds is 3. The second-order valence-corrected chi connectivity index (χ2v) is 5.04. The van der Waals surface area contributed by atoms with E-state index in [0.717, 1.165) is 29.0 Å². The average Bonchev–Trinajstić information content (AvgIpc) is 2.39. The smallest absolute Gasteiger partial charge is 0.283 e. The van der Waals surface area contributed by atoms with Gasteiger partial charge in [0.25, 0.3) is 11.2 Å². The predicted octanol–water partition coefficient (Wildman–Crippen LogP) is 3.36. The van der Waals surface area contributed by atoms with Crippen LogP contribution in [0, 0.1) is 10.1 Å². The SMILES string of the molecule is O=c1ccc(SC(F)(F)F)cn1-c1cccc([N+](=O)[O-])c1. The summed E-state index contributed by atoms with van der Waals surface area (Å²) in [6.07, 6.45) is 1.000. The van der Waals surface area contributed by atoms with Crippen molar-refractivity contribution in [2.24, 2.45) is 0 Å². The lowest BCUT2D eigenvalue weighted by atomic mass is 10.2. The van der Waals surface area contributed by atoms with Crippen molar-refractivity contribution < 1.29 is 18.1 Å². The van der Waals surface area contributed by atoms with Gasteiger partial charge in [-0.3, -0.25) is 19.5 Å². The van der Waals surface area contributed by atoms with Crippen LogP contribution >= 0.6 is 11.8 Å². The molecule has 0 atom stereocenters. The fourth-order valence-electron chi connectivity index (χ4n) is 1.62. The zero-order valence-electron chi connectivity index (χ0n) is 10.2. The largest absolute Gasteiger partial charge is 0.446 e. The maximum absolute atomic E-state index is 12.3. The molecule has 21 heavy (non-hydrogen) atoms. The van der Waals surface area contributed by atoms with E-state index in [1.807, 2.05) is 0 Å². The molecule has 0 saturated heterocycles. The molecule has 110 valence electrons. The van der Waals surface area contributed by atoms with E-state index in [-0.39, 0.29) is 28.0 Å². The molecule has 0 fully saturated rings. The number of hydrogen-bond acceptors (Lipinski definition) is 4. The fraction of sp³-hybridized carbons (Fsp3) is 0.0833. The van der Waals surface area contributed by atoms with Crippen molar-refractivity contribution in [3.8, 4) is 5.69 Å². The highest BCUT2D eigenvalue weighted by Gasteiger charge is 2.29. The molecule has 0 saturated carbocycles. The monoisotopic (exact) mass is 316 g/mol. The Morgan fingerprint density at radius 1 is 1.19 bits per heavy atom. The molecule has 0 spiro atoms. The van der Waals surface area contributed by atoms with Crippen LogP contribution in [0.5, 0.6) is 0 Å². The fourth-order valence-corrected chi connectivity index (χ4v) is 2.18. The molecule has 0 unspecified atom stereocenters. The number of hydrogen-bond donors (Lipinski definition) is 0. The van der Waals surface area contributed by atoms with E-state index in [0.29, 0.717) is 0 Å². The molecular weight excluding hydrogens is 309 g/mol. The Hall–Kier alpha value is -2.29.